The number of nitrogens with zero attached hydrogens (tertiary/aromatic N) is 5. The normalized spacial score (nSPS) is 18.7. The van der Waals surface area contributed by atoms with E-state index in [1.807, 2.05) is 25.5 Å². The molecule has 3 aromatic heterocycles. The van der Waals surface area contributed by atoms with E-state index < -0.39 is 0 Å². The maximum atomic E-state index is 13.1. The van der Waals surface area contributed by atoms with Gasteiger partial charge in [0.05, 0.1) is 47.8 Å². The minimum atomic E-state index is -0.283. The molecule has 9 heteroatoms. The van der Waals surface area contributed by atoms with Gasteiger partial charge in [0.25, 0.3) is 5.91 Å². The van der Waals surface area contributed by atoms with Crippen molar-refractivity contribution in [3.05, 3.63) is 65.5 Å². The SMILES string of the molecule is CC1CC(c2cnn(C)c2)=Cc2cc(C(=O)Nc3cncc(NC(=O)CN4CCCC4(C)C)c3)cnc21.[HH].[HH]. The summed E-state index contributed by atoms with van der Waals surface area (Å²) in [6, 6.07) is 3.59. The predicted octanol–water partition coefficient (Wildman–Crippen LogP) is 4.82. The smallest absolute Gasteiger partial charge is 0.257 e. The molecule has 5 rings (SSSR count). The van der Waals surface area contributed by atoms with Crippen molar-refractivity contribution in [2.75, 3.05) is 23.7 Å². The first-order chi connectivity index (χ1) is 17.7. The van der Waals surface area contributed by atoms with Gasteiger partial charge in [0, 0.05) is 39.3 Å². The fourth-order valence-corrected chi connectivity index (χ4v) is 5.22. The van der Waals surface area contributed by atoms with Gasteiger partial charge in [-0.05, 0) is 69.0 Å². The summed E-state index contributed by atoms with van der Waals surface area (Å²) >= 11 is 0. The van der Waals surface area contributed by atoms with Crippen molar-refractivity contribution in [2.24, 2.45) is 7.05 Å². The summed E-state index contributed by atoms with van der Waals surface area (Å²) in [6.45, 7) is 7.72. The lowest BCUT2D eigenvalue weighted by molar-refractivity contribution is -0.118. The Morgan fingerprint density at radius 3 is 2.62 bits per heavy atom. The van der Waals surface area contributed by atoms with Crippen molar-refractivity contribution in [2.45, 2.75) is 51.5 Å². The highest BCUT2D eigenvalue weighted by molar-refractivity contribution is 6.05. The van der Waals surface area contributed by atoms with Crippen LogP contribution in [0.5, 0.6) is 0 Å². The van der Waals surface area contributed by atoms with Gasteiger partial charge in [-0.15, -0.1) is 0 Å². The fourth-order valence-electron chi connectivity index (χ4n) is 5.22. The molecule has 0 spiro atoms. The molecule has 1 fully saturated rings. The zero-order chi connectivity index (χ0) is 26.2. The minimum Gasteiger partial charge on any atom is -0.324 e. The molecule has 1 saturated heterocycles. The largest absolute Gasteiger partial charge is 0.324 e. The summed E-state index contributed by atoms with van der Waals surface area (Å²) in [5.74, 6) is -0.138. The van der Waals surface area contributed by atoms with E-state index in [-0.39, 0.29) is 26.1 Å². The molecule has 2 N–H and O–H groups in total. The van der Waals surface area contributed by atoms with Gasteiger partial charge in [-0.3, -0.25) is 29.1 Å². The molecule has 3 aromatic rings. The maximum Gasteiger partial charge on any atom is 0.257 e. The number of anilines is 2. The molecule has 2 aliphatic rings. The Hall–Kier alpha value is -3.85. The standard InChI is InChI=1S/C28H33N7O2.2H2/c1-18-8-19(22-13-31-34(4)16-22)9-20-10-21(12-30-26(18)20)27(37)33-24-11-23(14-29-15-24)32-25(36)17-35-7-5-6-28(35,2)3;;/h9-16,18H,5-8,17H2,1-4H3,(H,32,36)(H,33,37);2*1H. The topological polar surface area (TPSA) is 105 Å². The highest BCUT2D eigenvalue weighted by atomic mass is 16.2. The first kappa shape index (κ1) is 24.8. The number of aryl methyl sites for hydroxylation is 1. The summed E-state index contributed by atoms with van der Waals surface area (Å²) in [4.78, 5) is 36.7. The Bertz CT molecular complexity index is 1390. The molecule has 0 radical (unpaired) electrons. The maximum absolute atomic E-state index is 13.1. The van der Waals surface area contributed by atoms with Gasteiger partial charge < -0.3 is 10.6 Å². The molecule has 4 heterocycles. The number of amides is 2. The van der Waals surface area contributed by atoms with Crippen LogP contribution in [-0.2, 0) is 11.8 Å². The predicted molar refractivity (Wildman–Crippen MR) is 148 cm³/mol. The van der Waals surface area contributed by atoms with E-state index in [9.17, 15) is 9.59 Å². The highest BCUT2D eigenvalue weighted by Crippen LogP contribution is 2.37. The van der Waals surface area contributed by atoms with E-state index in [0.717, 1.165) is 42.6 Å². The monoisotopic (exact) mass is 503 g/mol. The van der Waals surface area contributed by atoms with Gasteiger partial charge in [-0.25, -0.2) is 0 Å². The van der Waals surface area contributed by atoms with Gasteiger partial charge in [0.2, 0.25) is 5.91 Å². The van der Waals surface area contributed by atoms with Crippen LogP contribution in [0.15, 0.2) is 43.1 Å². The Labute approximate surface area is 220 Å². The second-order valence-corrected chi connectivity index (χ2v) is 10.7. The van der Waals surface area contributed by atoms with Crippen LogP contribution in [0.3, 0.4) is 0 Å². The third-order valence-electron chi connectivity index (χ3n) is 7.30. The van der Waals surface area contributed by atoms with Crippen molar-refractivity contribution in [1.29, 1.82) is 0 Å². The van der Waals surface area contributed by atoms with Crippen LogP contribution < -0.4 is 10.6 Å². The fraction of sp³-hybridized carbons (Fsp3) is 0.393. The van der Waals surface area contributed by atoms with Crippen molar-refractivity contribution >= 4 is 34.8 Å². The lowest BCUT2D eigenvalue weighted by Crippen LogP contribution is -2.42. The van der Waals surface area contributed by atoms with E-state index in [1.165, 1.54) is 5.57 Å². The van der Waals surface area contributed by atoms with E-state index in [2.05, 4.69) is 57.4 Å². The van der Waals surface area contributed by atoms with Crippen LogP contribution in [0.25, 0.3) is 11.6 Å². The summed E-state index contributed by atoms with van der Waals surface area (Å²) in [5.41, 5.74) is 5.71. The molecule has 0 bridgehead atoms. The molecule has 1 unspecified atom stereocenters. The number of carbonyl (C=O) groups excluding carboxylic acids is 2. The van der Waals surface area contributed by atoms with E-state index >= 15 is 0 Å². The summed E-state index contributed by atoms with van der Waals surface area (Å²) in [6.07, 6.45) is 13.8. The molecule has 2 amide bonds. The summed E-state index contributed by atoms with van der Waals surface area (Å²) in [5, 5.41) is 10.1. The number of hydrogen-bond acceptors (Lipinski definition) is 6. The van der Waals surface area contributed by atoms with Crippen molar-refractivity contribution in [3.63, 3.8) is 0 Å². The molecule has 9 nitrogen and oxygen atoms in total. The second-order valence-electron chi connectivity index (χ2n) is 10.7. The molecule has 0 saturated carbocycles. The summed E-state index contributed by atoms with van der Waals surface area (Å²) in [7, 11) is 1.90. The molecule has 1 aliphatic heterocycles. The third-order valence-corrected chi connectivity index (χ3v) is 7.30. The number of likely N-dealkylation sites (tertiary alicyclic amines) is 1. The van der Waals surface area contributed by atoms with Crippen LogP contribution in [0.2, 0.25) is 0 Å². The molecule has 37 heavy (non-hydrogen) atoms. The minimum absolute atomic E-state index is 0. The number of rotatable bonds is 6. The Kier molecular flexibility index (Phi) is 6.64. The van der Waals surface area contributed by atoms with Crippen LogP contribution in [-0.4, -0.2) is 55.1 Å². The van der Waals surface area contributed by atoms with Gasteiger partial charge in [-0.2, -0.15) is 5.10 Å². The van der Waals surface area contributed by atoms with Crippen LogP contribution >= 0.6 is 0 Å². The average molecular weight is 504 g/mol. The Morgan fingerprint density at radius 2 is 1.92 bits per heavy atom. The first-order valence-corrected chi connectivity index (χ1v) is 12.7. The molecular formula is C28H37N7O2. The van der Waals surface area contributed by atoms with E-state index in [0.29, 0.717) is 23.5 Å². The number of nitrogens with one attached hydrogen (secondary N) is 2. The molecule has 196 valence electrons. The lowest BCUT2D eigenvalue weighted by Gasteiger charge is -2.30. The van der Waals surface area contributed by atoms with Gasteiger partial charge in [0.15, 0.2) is 0 Å². The van der Waals surface area contributed by atoms with E-state index in [1.54, 1.807) is 29.3 Å². The van der Waals surface area contributed by atoms with Crippen LogP contribution in [0.4, 0.5) is 11.4 Å². The highest BCUT2D eigenvalue weighted by Gasteiger charge is 2.32. The molecule has 1 aliphatic carbocycles. The number of pyridine rings is 2. The second kappa shape index (κ2) is 9.89. The third kappa shape index (κ3) is 5.46. The van der Waals surface area contributed by atoms with E-state index in [4.69, 9.17) is 0 Å². The average Bonchev–Trinajstić information content (AvgIpc) is 3.43. The van der Waals surface area contributed by atoms with Crippen molar-refractivity contribution in [3.8, 4) is 0 Å². The first-order valence-electron chi connectivity index (χ1n) is 12.7. The number of fused-ring (bicyclic) bond motifs is 1. The number of hydrogen-bond donors (Lipinski definition) is 2. The summed E-state index contributed by atoms with van der Waals surface area (Å²) < 4.78 is 1.79. The zero-order valence-corrected chi connectivity index (χ0v) is 21.8. The quantitative estimate of drug-likeness (QED) is 0.500. The molecule has 0 aromatic carbocycles. The van der Waals surface area contributed by atoms with Crippen molar-refractivity contribution < 1.29 is 12.4 Å². The van der Waals surface area contributed by atoms with Gasteiger partial charge in [0.1, 0.15) is 0 Å². The van der Waals surface area contributed by atoms with Gasteiger partial charge in [-0.1, -0.05) is 6.92 Å². The lowest BCUT2D eigenvalue weighted by atomic mass is 9.85. The number of aromatic nitrogens is 4. The molecular weight excluding hydrogens is 466 g/mol. The van der Waals surface area contributed by atoms with Crippen LogP contribution in [0, 0.1) is 0 Å². The molecule has 1 atom stereocenters. The van der Waals surface area contributed by atoms with Gasteiger partial charge >= 0.3 is 0 Å². The van der Waals surface area contributed by atoms with Crippen molar-refractivity contribution in [1.82, 2.24) is 24.6 Å². The Balaban J connectivity index is 0.00000210. The zero-order valence-electron chi connectivity index (χ0n) is 21.8. The number of allylic oxidation sites excluding steroid dienone is 1. The number of carbonyl (C=O) groups is 2. The van der Waals surface area contributed by atoms with Crippen LogP contribution in [0.1, 0.15) is 76.0 Å². The Morgan fingerprint density at radius 1 is 1.14 bits per heavy atom.